The summed E-state index contributed by atoms with van der Waals surface area (Å²) in [6.45, 7) is 5.49. The summed E-state index contributed by atoms with van der Waals surface area (Å²) in [6, 6.07) is 8.53. The van der Waals surface area contributed by atoms with E-state index in [0.29, 0.717) is 5.56 Å². The fourth-order valence-electron chi connectivity index (χ4n) is 2.50. The molecule has 0 bridgehead atoms. The maximum atomic E-state index is 12.8. The number of carbonyl (C=O) groups is 1. The highest BCUT2D eigenvalue weighted by atomic mass is 79.9. The molecule has 2 rings (SSSR count). The summed E-state index contributed by atoms with van der Waals surface area (Å²) in [4.78, 5) is 25.2. The second-order valence-electron chi connectivity index (χ2n) is 5.96. The highest BCUT2D eigenvalue weighted by Gasteiger charge is 2.25. The molecule has 0 saturated carbocycles. The zero-order valence-corrected chi connectivity index (χ0v) is 15.2. The van der Waals surface area contributed by atoms with Crippen molar-refractivity contribution in [3.8, 4) is 11.9 Å². The number of nitriles is 1. The molecule has 0 aliphatic rings. The Balaban J connectivity index is 2.73. The summed E-state index contributed by atoms with van der Waals surface area (Å²) in [5.74, 6) is -0.747. The number of nitrogens with zero attached hydrogens (tertiary/aromatic N) is 2. The van der Waals surface area contributed by atoms with Gasteiger partial charge in [0.25, 0.3) is 5.56 Å². The van der Waals surface area contributed by atoms with Crippen LogP contribution < -0.4 is 5.56 Å². The molecule has 0 saturated heterocycles. The molecule has 0 radical (unpaired) electrons. The van der Waals surface area contributed by atoms with Gasteiger partial charge in [0.2, 0.25) is 5.88 Å². The Morgan fingerprint density at radius 3 is 2.42 bits per heavy atom. The van der Waals surface area contributed by atoms with Crippen LogP contribution in [0.1, 0.15) is 40.9 Å². The molecule has 0 spiro atoms. The molecular weight excluding hydrogens is 372 g/mol. The SMILES string of the molecule is Cc1c(C(=O)c2ccc(Br)cc2)c(O)n(CC(C)C)c(=O)c1C#N. The van der Waals surface area contributed by atoms with Crippen molar-refractivity contribution in [2.24, 2.45) is 5.92 Å². The number of rotatable bonds is 4. The monoisotopic (exact) mass is 388 g/mol. The largest absolute Gasteiger partial charge is 0.494 e. The molecule has 1 aromatic heterocycles. The lowest BCUT2D eigenvalue weighted by molar-refractivity contribution is 0.103. The Labute approximate surface area is 148 Å². The van der Waals surface area contributed by atoms with Crippen molar-refractivity contribution in [2.45, 2.75) is 27.3 Å². The van der Waals surface area contributed by atoms with Gasteiger partial charge in [-0.15, -0.1) is 0 Å². The van der Waals surface area contributed by atoms with E-state index in [1.54, 1.807) is 24.3 Å². The van der Waals surface area contributed by atoms with Crippen molar-refractivity contribution in [1.82, 2.24) is 4.57 Å². The third-order valence-electron chi connectivity index (χ3n) is 3.68. The average Bonchev–Trinajstić information content (AvgIpc) is 2.52. The number of aromatic hydroxyl groups is 1. The van der Waals surface area contributed by atoms with Gasteiger partial charge in [-0.25, -0.2) is 0 Å². The molecule has 124 valence electrons. The van der Waals surface area contributed by atoms with Gasteiger partial charge in [0.05, 0.1) is 5.56 Å². The van der Waals surface area contributed by atoms with Crippen LogP contribution in [0.25, 0.3) is 0 Å². The second-order valence-corrected chi connectivity index (χ2v) is 6.87. The van der Waals surface area contributed by atoms with Gasteiger partial charge in [-0.1, -0.05) is 29.8 Å². The molecular formula is C18H17BrN2O3. The fourth-order valence-corrected chi connectivity index (χ4v) is 2.77. The van der Waals surface area contributed by atoms with Gasteiger partial charge in [0.1, 0.15) is 11.6 Å². The molecule has 5 nitrogen and oxygen atoms in total. The molecule has 6 heteroatoms. The van der Waals surface area contributed by atoms with Crippen molar-refractivity contribution < 1.29 is 9.90 Å². The van der Waals surface area contributed by atoms with Crippen LogP contribution in [0, 0.1) is 24.2 Å². The van der Waals surface area contributed by atoms with Crippen LogP contribution in [0.15, 0.2) is 33.5 Å². The van der Waals surface area contributed by atoms with E-state index in [4.69, 9.17) is 0 Å². The molecule has 1 N–H and O–H groups in total. The zero-order chi connectivity index (χ0) is 18.0. The van der Waals surface area contributed by atoms with E-state index in [2.05, 4.69) is 15.9 Å². The van der Waals surface area contributed by atoms with Crippen molar-refractivity contribution in [3.63, 3.8) is 0 Å². The summed E-state index contributed by atoms with van der Waals surface area (Å²) >= 11 is 3.30. The van der Waals surface area contributed by atoms with Crippen molar-refractivity contribution >= 4 is 21.7 Å². The number of benzene rings is 1. The predicted molar refractivity (Wildman–Crippen MR) is 94.2 cm³/mol. The number of halogens is 1. The van der Waals surface area contributed by atoms with Gasteiger partial charge in [0.15, 0.2) is 5.78 Å². The van der Waals surface area contributed by atoms with Crippen LogP contribution in [0.4, 0.5) is 0 Å². The van der Waals surface area contributed by atoms with E-state index in [1.807, 2.05) is 19.9 Å². The van der Waals surface area contributed by atoms with Crippen LogP contribution in [-0.4, -0.2) is 15.5 Å². The smallest absolute Gasteiger partial charge is 0.271 e. The normalized spacial score (nSPS) is 10.7. The minimum absolute atomic E-state index is 0.00544. The Bertz CT molecular complexity index is 890. The molecule has 1 heterocycles. The van der Waals surface area contributed by atoms with E-state index < -0.39 is 17.2 Å². The number of pyridine rings is 1. The van der Waals surface area contributed by atoms with E-state index in [1.165, 1.54) is 6.92 Å². The Kier molecular flexibility index (Phi) is 5.25. The zero-order valence-electron chi connectivity index (χ0n) is 13.6. The van der Waals surface area contributed by atoms with E-state index in [9.17, 15) is 20.0 Å². The summed E-state index contributed by atoms with van der Waals surface area (Å²) in [7, 11) is 0. The highest BCUT2D eigenvalue weighted by molar-refractivity contribution is 9.10. The molecule has 2 aromatic rings. The number of carbonyl (C=O) groups excluding carboxylic acids is 1. The summed E-state index contributed by atoms with van der Waals surface area (Å²) in [5, 5.41) is 19.8. The number of ketones is 1. The maximum absolute atomic E-state index is 12.8. The first kappa shape index (κ1) is 18.0. The van der Waals surface area contributed by atoms with Crippen LogP contribution in [0.3, 0.4) is 0 Å². The number of aromatic nitrogens is 1. The molecule has 24 heavy (non-hydrogen) atoms. The minimum Gasteiger partial charge on any atom is -0.494 e. The molecule has 0 aliphatic carbocycles. The molecule has 0 atom stereocenters. The second kappa shape index (κ2) is 7.02. The van der Waals surface area contributed by atoms with Gasteiger partial charge in [-0.3, -0.25) is 14.2 Å². The first-order valence-electron chi connectivity index (χ1n) is 7.44. The topological polar surface area (TPSA) is 83.1 Å². The van der Waals surface area contributed by atoms with Gasteiger partial charge >= 0.3 is 0 Å². The first-order valence-corrected chi connectivity index (χ1v) is 8.24. The van der Waals surface area contributed by atoms with Gasteiger partial charge < -0.3 is 5.11 Å². The standard InChI is InChI=1S/C18H17BrN2O3/c1-10(2)9-21-17(23)14(8-20)11(3)15(18(21)24)16(22)12-4-6-13(19)7-5-12/h4-7,10,24H,9H2,1-3H3. The molecule has 0 fully saturated rings. The van der Waals surface area contributed by atoms with Crippen molar-refractivity contribution in [3.05, 3.63) is 61.3 Å². The summed E-state index contributed by atoms with van der Waals surface area (Å²) < 4.78 is 1.92. The highest BCUT2D eigenvalue weighted by Crippen LogP contribution is 2.26. The van der Waals surface area contributed by atoms with Crippen LogP contribution in [0.5, 0.6) is 5.88 Å². The average molecular weight is 389 g/mol. The number of hydrogen-bond acceptors (Lipinski definition) is 4. The molecule has 0 amide bonds. The summed E-state index contributed by atoms with van der Waals surface area (Å²) in [6.07, 6.45) is 0. The Morgan fingerprint density at radius 2 is 1.92 bits per heavy atom. The quantitative estimate of drug-likeness (QED) is 0.813. The number of hydrogen-bond donors (Lipinski definition) is 1. The van der Waals surface area contributed by atoms with Gasteiger partial charge in [0, 0.05) is 16.6 Å². The van der Waals surface area contributed by atoms with Crippen molar-refractivity contribution in [2.75, 3.05) is 0 Å². The molecule has 0 aliphatic heterocycles. The lowest BCUT2D eigenvalue weighted by atomic mass is 9.97. The Morgan fingerprint density at radius 1 is 1.33 bits per heavy atom. The van der Waals surface area contributed by atoms with Crippen LogP contribution >= 0.6 is 15.9 Å². The molecule has 0 unspecified atom stereocenters. The first-order chi connectivity index (χ1) is 11.3. The lowest BCUT2D eigenvalue weighted by Gasteiger charge is -2.17. The van der Waals surface area contributed by atoms with Crippen LogP contribution in [-0.2, 0) is 6.54 Å². The third kappa shape index (κ3) is 3.26. The fraction of sp³-hybridized carbons (Fsp3) is 0.278. The van der Waals surface area contributed by atoms with E-state index in [0.717, 1.165) is 9.04 Å². The van der Waals surface area contributed by atoms with Gasteiger partial charge in [-0.05, 0) is 42.7 Å². The molecule has 1 aromatic carbocycles. The van der Waals surface area contributed by atoms with Gasteiger partial charge in [-0.2, -0.15) is 5.26 Å². The van der Waals surface area contributed by atoms with E-state index in [-0.39, 0.29) is 29.2 Å². The summed E-state index contributed by atoms with van der Waals surface area (Å²) in [5.41, 5.74) is -0.125. The Hall–Kier alpha value is -2.39. The predicted octanol–water partition coefficient (Wildman–Crippen LogP) is 3.38. The minimum atomic E-state index is -0.575. The van der Waals surface area contributed by atoms with Crippen molar-refractivity contribution in [1.29, 1.82) is 5.26 Å². The third-order valence-corrected chi connectivity index (χ3v) is 4.21. The lowest BCUT2D eigenvalue weighted by Crippen LogP contribution is -2.28. The maximum Gasteiger partial charge on any atom is 0.271 e. The van der Waals surface area contributed by atoms with E-state index >= 15 is 0 Å². The van der Waals surface area contributed by atoms with Crippen LogP contribution in [0.2, 0.25) is 0 Å².